The molecule has 3 aromatic heterocycles. The van der Waals surface area contributed by atoms with Crippen LogP contribution in [0, 0.1) is 6.92 Å². The Morgan fingerprint density at radius 2 is 2.27 bits per heavy atom. The van der Waals surface area contributed by atoms with Crippen LogP contribution in [0.3, 0.4) is 0 Å². The molecule has 4 heterocycles. The van der Waals surface area contributed by atoms with Crippen molar-refractivity contribution in [2.45, 2.75) is 13.0 Å². The Balaban J connectivity index is 1.64. The Kier molecular flexibility index (Phi) is 6.32. The van der Waals surface area contributed by atoms with Crippen molar-refractivity contribution in [1.29, 1.82) is 0 Å². The number of aryl methyl sites for hydroxylation is 1. The molecule has 1 fully saturated rings. The van der Waals surface area contributed by atoms with Crippen LogP contribution in [-0.2, 0) is 9.47 Å². The summed E-state index contributed by atoms with van der Waals surface area (Å²) >= 11 is 2.42. The van der Waals surface area contributed by atoms with E-state index in [9.17, 15) is 9.59 Å². The number of hydrogen-bond acceptors (Lipinski definition) is 9. The van der Waals surface area contributed by atoms with Gasteiger partial charge in [0.15, 0.2) is 0 Å². The Hall–Kier alpha value is -2.47. The van der Waals surface area contributed by atoms with Crippen LogP contribution in [0.2, 0.25) is 0 Å². The number of nitrogens with zero attached hydrogens (tertiary/aromatic N) is 4. The minimum Gasteiger partial charge on any atom is -0.383 e. The number of methoxy groups -OCH3 is 1. The number of carbonyl (C=O) groups excluding carboxylic acids is 2. The molecule has 1 atom stereocenters. The molecular formula is C19H21N5O4S2. The Labute approximate surface area is 181 Å². The first kappa shape index (κ1) is 20.8. The van der Waals surface area contributed by atoms with Crippen molar-refractivity contribution in [3.05, 3.63) is 39.3 Å². The van der Waals surface area contributed by atoms with Gasteiger partial charge in [0, 0.05) is 37.3 Å². The average molecular weight is 448 g/mol. The van der Waals surface area contributed by atoms with Gasteiger partial charge in [-0.2, -0.15) is 0 Å². The van der Waals surface area contributed by atoms with E-state index in [1.807, 2.05) is 12.1 Å². The van der Waals surface area contributed by atoms with Crippen LogP contribution in [0.5, 0.6) is 0 Å². The number of hydrogen-bond donors (Lipinski definition) is 1. The van der Waals surface area contributed by atoms with E-state index in [0.717, 1.165) is 27.3 Å². The SMILES string of the molecule is COCCNC(=O)c1sc2ncccc2c1[C@@H]1CN(C(=O)c2snnc2C)CCO1. The molecule has 0 aromatic carbocycles. The zero-order valence-corrected chi connectivity index (χ0v) is 18.2. The number of nitrogens with one attached hydrogen (secondary N) is 1. The molecule has 1 saturated heterocycles. The zero-order valence-electron chi connectivity index (χ0n) is 16.6. The normalized spacial score (nSPS) is 16.7. The quantitative estimate of drug-likeness (QED) is 0.576. The first-order chi connectivity index (χ1) is 14.6. The third kappa shape index (κ3) is 4.06. The highest BCUT2D eigenvalue weighted by Gasteiger charge is 2.33. The van der Waals surface area contributed by atoms with Gasteiger partial charge in [-0.3, -0.25) is 9.59 Å². The van der Waals surface area contributed by atoms with Crippen molar-refractivity contribution in [1.82, 2.24) is 24.8 Å². The number of carbonyl (C=O) groups is 2. The van der Waals surface area contributed by atoms with Gasteiger partial charge in [0.05, 0.1) is 25.5 Å². The van der Waals surface area contributed by atoms with Gasteiger partial charge in [-0.05, 0) is 24.5 Å². The predicted molar refractivity (Wildman–Crippen MR) is 113 cm³/mol. The van der Waals surface area contributed by atoms with Gasteiger partial charge < -0.3 is 19.7 Å². The summed E-state index contributed by atoms with van der Waals surface area (Å²) in [7, 11) is 1.59. The number of amides is 2. The summed E-state index contributed by atoms with van der Waals surface area (Å²) in [5.41, 5.74) is 1.39. The van der Waals surface area contributed by atoms with E-state index in [0.29, 0.717) is 48.3 Å². The molecule has 11 heteroatoms. The second-order valence-electron chi connectivity index (χ2n) is 6.75. The molecule has 2 amide bonds. The molecule has 1 aliphatic heterocycles. The van der Waals surface area contributed by atoms with Crippen LogP contribution in [0.15, 0.2) is 18.3 Å². The molecule has 1 aliphatic rings. The summed E-state index contributed by atoms with van der Waals surface area (Å²) in [6, 6.07) is 3.77. The summed E-state index contributed by atoms with van der Waals surface area (Å²) < 4.78 is 14.9. The van der Waals surface area contributed by atoms with Crippen molar-refractivity contribution in [3.63, 3.8) is 0 Å². The average Bonchev–Trinajstić information content (AvgIpc) is 3.37. The fourth-order valence-corrected chi connectivity index (χ4v) is 5.10. The fraction of sp³-hybridized carbons (Fsp3) is 0.421. The van der Waals surface area contributed by atoms with Crippen LogP contribution < -0.4 is 5.32 Å². The molecular weight excluding hydrogens is 426 g/mol. The first-order valence-electron chi connectivity index (χ1n) is 9.44. The van der Waals surface area contributed by atoms with E-state index < -0.39 is 6.10 Å². The first-order valence-corrected chi connectivity index (χ1v) is 11.0. The molecule has 1 N–H and O–H groups in total. The lowest BCUT2D eigenvalue weighted by atomic mass is 10.0. The van der Waals surface area contributed by atoms with Gasteiger partial charge in [0.25, 0.3) is 11.8 Å². The maximum Gasteiger partial charge on any atom is 0.267 e. The van der Waals surface area contributed by atoms with Gasteiger partial charge >= 0.3 is 0 Å². The number of aromatic nitrogens is 3. The van der Waals surface area contributed by atoms with Gasteiger partial charge in [0.1, 0.15) is 20.7 Å². The van der Waals surface area contributed by atoms with Crippen LogP contribution in [0.25, 0.3) is 10.2 Å². The largest absolute Gasteiger partial charge is 0.383 e. The van der Waals surface area contributed by atoms with E-state index >= 15 is 0 Å². The van der Waals surface area contributed by atoms with Crippen molar-refractivity contribution >= 4 is 44.9 Å². The van der Waals surface area contributed by atoms with Gasteiger partial charge in [-0.25, -0.2) is 4.98 Å². The van der Waals surface area contributed by atoms with Crippen LogP contribution in [0.4, 0.5) is 0 Å². The van der Waals surface area contributed by atoms with Gasteiger partial charge in [0.2, 0.25) is 0 Å². The lowest BCUT2D eigenvalue weighted by Gasteiger charge is -2.33. The van der Waals surface area contributed by atoms with Crippen LogP contribution in [-0.4, -0.2) is 71.2 Å². The van der Waals surface area contributed by atoms with Crippen molar-refractivity contribution in [2.75, 3.05) is 40.0 Å². The number of fused-ring (bicyclic) bond motifs is 1. The molecule has 0 saturated carbocycles. The van der Waals surface area contributed by atoms with Crippen molar-refractivity contribution < 1.29 is 19.1 Å². The van der Waals surface area contributed by atoms with E-state index in [-0.39, 0.29) is 11.8 Å². The van der Waals surface area contributed by atoms with E-state index in [4.69, 9.17) is 9.47 Å². The van der Waals surface area contributed by atoms with Gasteiger partial charge in [-0.15, -0.1) is 16.4 Å². The highest BCUT2D eigenvalue weighted by molar-refractivity contribution is 7.20. The standard InChI is InChI=1S/C19H21N5O4S2/c1-11-15(30-23-22-11)19(26)24-7-9-28-13(10-24)14-12-4-3-5-21-18(12)29-16(14)17(25)20-6-8-27-2/h3-5,13H,6-10H2,1-2H3,(H,20,25)/t13-/m0/s1. The Bertz CT molecular complexity index is 1070. The second-order valence-corrected chi connectivity index (χ2v) is 8.50. The monoisotopic (exact) mass is 447 g/mol. The molecule has 0 radical (unpaired) electrons. The number of pyridine rings is 1. The van der Waals surface area contributed by atoms with E-state index in [2.05, 4.69) is 19.9 Å². The fourth-order valence-electron chi connectivity index (χ4n) is 3.37. The highest BCUT2D eigenvalue weighted by Crippen LogP contribution is 2.37. The van der Waals surface area contributed by atoms with Crippen molar-refractivity contribution in [3.8, 4) is 0 Å². The molecule has 0 spiro atoms. The third-order valence-corrected chi connectivity index (χ3v) is 6.77. The zero-order chi connectivity index (χ0) is 21.1. The van der Waals surface area contributed by atoms with Gasteiger partial charge in [-0.1, -0.05) is 10.6 Å². The Morgan fingerprint density at radius 3 is 3.03 bits per heavy atom. The highest BCUT2D eigenvalue weighted by atomic mass is 32.1. The van der Waals surface area contributed by atoms with E-state index in [1.165, 1.54) is 11.3 Å². The number of thiophene rings is 1. The molecule has 0 aliphatic carbocycles. The minimum absolute atomic E-state index is 0.112. The molecule has 158 valence electrons. The van der Waals surface area contributed by atoms with Crippen LogP contribution in [0.1, 0.15) is 36.7 Å². The number of ether oxygens (including phenoxy) is 2. The smallest absolute Gasteiger partial charge is 0.267 e. The molecule has 0 unspecified atom stereocenters. The second kappa shape index (κ2) is 9.13. The predicted octanol–water partition coefficient (Wildman–Crippen LogP) is 2.05. The lowest BCUT2D eigenvalue weighted by molar-refractivity contribution is -0.0221. The summed E-state index contributed by atoms with van der Waals surface area (Å²) in [5, 5.41) is 7.68. The summed E-state index contributed by atoms with van der Waals surface area (Å²) in [6.07, 6.45) is 1.27. The van der Waals surface area contributed by atoms with Crippen LogP contribution >= 0.6 is 22.9 Å². The molecule has 4 rings (SSSR count). The maximum atomic E-state index is 13.0. The number of morpholine rings is 1. The van der Waals surface area contributed by atoms with E-state index in [1.54, 1.807) is 25.1 Å². The number of rotatable bonds is 6. The topological polar surface area (TPSA) is 107 Å². The molecule has 9 nitrogen and oxygen atoms in total. The minimum atomic E-state index is -0.426. The molecule has 0 bridgehead atoms. The van der Waals surface area contributed by atoms with Crippen molar-refractivity contribution in [2.24, 2.45) is 0 Å². The summed E-state index contributed by atoms with van der Waals surface area (Å²) in [4.78, 5) is 33.8. The third-order valence-electron chi connectivity index (χ3n) is 4.82. The summed E-state index contributed by atoms with van der Waals surface area (Å²) in [5.74, 6) is -0.306. The Morgan fingerprint density at radius 1 is 1.40 bits per heavy atom. The lowest BCUT2D eigenvalue weighted by Crippen LogP contribution is -2.42. The molecule has 3 aromatic rings. The molecule has 30 heavy (non-hydrogen) atoms. The maximum absolute atomic E-state index is 13.0. The summed E-state index contributed by atoms with van der Waals surface area (Å²) in [6.45, 7) is 3.80.